The zero-order valence-electron chi connectivity index (χ0n) is 15.1. The zero-order valence-corrected chi connectivity index (χ0v) is 15.1. The van der Waals surface area contributed by atoms with Gasteiger partial charge < -0.3 is 19.5 Å². The molecule has 0 spiro atoms. The number of rotatable bonds is 9. The van der Waals surface area contributed by atoms with Crippen molar-refractivity contribution in [1.82, 2.24) is 10.3 Å². The van der Waals surface area contributed by atoms with E-state index in [1.807, 2.05) is 6.92 Å². The lowest BCUT2D eigenvalue weighted by Gasteiger charge is -2.12. The van der Waals surface area contributed by atoms with Crippen molar-refractivity contribution >= 4 is 11.7 Å². The molecule has 2 aromatic rings. The standard InChI is InChI=1S/C19H22N2O5/c1-4-25-19-9-14(7-8-20-19)11-21-18(23)12-26-16-6-5-15(13(2)22)10-17(16)24-3/h5-10H,4,11-12H2,1-3H3,(H,21,23). The molecule has 0 saturated heterocycles. The predicted octanol–water partition coefficient (Wildman–Crippen LogP) is 2.39. The van der Waals surface area contributed by atoms with E-state index in [9.17, 15) is 9.59 Å². The summed E-state index contributed by atoms with van der Waals surface area (Å²) in [6.07, 6.45) is 1.63. The first-order valence-corrected chi connectivity index (χ1v) is 8.19. The molecule has 1 heterocycles. The van der Waals surface area contributed by atoms with E-state index in [2.05, 4.69) is 10.3 Å². The number of aromatic nitrogens is 1. The number of hydrogen-bond acceptors (Lipinski definition) is 6. The Balaban J connectivity index is 1.89. The summed E-state index contributed by atoms with van der Waals surface area (Å²) in [5, 5.41) is 2.76. The van der Waals surface area contributed by atoms with Crippen LogP contribution >= 0.6 is 0 Å². The Bertz CT molecular complexity index is 776. The van der Waals surface area contributed by atoms with E-state index in [1.165, 1.54) is 14.0 Å². The van der Waals surface area contributed by atoms with Gasteiger partial charge in [-0.1, -0.05) is 0 Å². The molecule has 1 aromatic heterocycles. The highest BCUT2D eigenvalue weighted by Gasteiger charge is 2.10. The fraction of sp³-hybridized carbons (Fsp3) is 0.316. The molecule has 1 N–H and O–H groups in total. The fourth-order valence-corrected chi connectivity index (χ4v) is 2.19. The molecule has 1 amide bonds. The van der Waals surface area contributed by atoms with Gasteiger partial charge in [-0.05, 0) is 43.7 Å². The van der Waals surface area contributed by atoms with Gasteiger partial charge in [0.1, 0.15) is 0 Å². The van der Waals surface area contributed by atoms with Crippen LogP contribution in [-0.2, 0) is 11.3 Å². The highest BCUT2D eigenvalue weighted by molar-refractivity contribution is 5.94. The molecule has 7 heteroatoms. The van der Waals surface area contributed by atoms with Gasteiger partial charge in [0.25, 0.3) is 5.91 Å². The van der Waals surface area contributed by atoms with Crippen molar-refractivity contribution in [3.05, 3.63) is 47.7 Å². The summed E-state index contributed by atoms with van der Waals surface area (Å²) in [6.45, 7) is 4.05. The number of Topliss-reactive ketones (excluding diaryl/α,β-unsaturated/α-hetero) is 1. The Kier molecular flexibility index (Phi) is 6.96. The fourth-order valence-electron chi connectivity index (χ4n) is 2.19. The van der Waals surface area contributed by atoms with Crippen molar-refractivity contribution in [3.63, 3.8) is 0 Å². The molecule has 7 nitrogen and oxygen atoms in total. The van der Waals surface area contributed by atoms with Gasteiger partial charge in [-0.3, -0.25) is 9.59 Å². The summed E-state index contributed by atoms with van der Waals surface area (Å²) in [6, 6.07) is 8.40. The lowest BCUT2D eigenvalue weighted by atomic mass is 10.1. The van der Waals surface area contributed by atoms with E-state index >= 15 is 0 Å². The second-order valence-corrected chi connectivity index (χ2v) is 5.42. The number of amides is 1. The van der Waals surface area contributed by atoms with Crippen molar-refractivity contribution in [3.8, 4) is 17.4 Å². The first-order valence-electron chi connectivity index (χ1n) is 8.19. The Morgan fingerprint density at radius 1 is 1.12 bits per heavy atom. The van der Waals surface area contributed by atoms with Crippen LogP contribution < -0.4 is 19.5 Å². The minimum absolute atomic E-state index is 0.0728. The van der Waals surface area contributed by atoms with Gasteiger partial charge in [-0.2, -0.15) is 0 Å². The van der Waals surface area contributed by atoms with Gasteiger partial charge in [0.15, 0.2) is 23.9 Å². The Morgan fingerprint density at radius 2 is 1.92 bits per heavy atom. The number of ketones is 1. The number of nitrogens with zero attached hydrogens (tertiary/aromatic N) is 1. The molecule has 26 heavy (non-hydrogen) atoms. The molecule has 0 saturated carbocycles. The molecule has 2 rings (SSSR count). The van der Waals surface area contributed by atoms with Crippen LogP contribution in [0.4, 0.5) is 0 Å². The smallest absolute Gasteiger partial charge is 0.258 e. The average molecular weight is 358 g/mol. The molecule has 0 unspecified atom stereocenters. The largest absolute Gasteiger partial charge is 0.493 e. The van der Waals surface area contributed by atoms with Gasteiger partial charge >= 0.3 is 0 Å². The van der Waals surface area contributed by atoms with Gasteiger partial charge in [0.2, 0.25) is 5.88 Å². The molecule has 0 radical (unpaired) electrons. The molecule has 0 bridgehead atoms. The second kappa shape index (κ2) is 9.41. The minimum Gasteiger partial charge on any atom is -0.493 e. The molecule has 1 aromatic carbocycles. The van der Waals surface area contributed by atoms with E-state index < -0.39 is 0 Å². The van der Waals surface area contributed by atoms with Crippen LogP contribution in [0.25, 0.3) is 0 Å². The van der Waals surface area contributed by atoms with Crippen molar-refractivity contribution < 1.29 is 23.8 Å². The molecule has 0 fully saturated rings. The van der Waals surface area contributed by atoms with Gasteiger partial charge in [-0.15, -0.1) is 0 Å². The lowest BCUT2D eigenvalue weighted by Crippen LogP contribution is -2.28. The van der Waals surface area contributed by atoms with Gasteiger partial charge in [0.05, 0.1) is 13.7 Å². The van der Waals surface area contributed by atoms with E-state index in [0.29, 0.717) is 36.1 Å². The van der Waals surface area contributed by atoms with Crippen LogP contribution in [0, 0.1) is 0 Å². The van der Waals surface area contributed by atoms with Crippen LogP contribution in [0.3, 0.4) is 0 Å². The first-order chi connectivity index (χ1) is 12.5. The SMILES string of the molecule is CCOc1cc(CNC(=O)COc2ccc(C(C)=O)cc2OC)ccn1. The molecule has 0 atom stereocenters. The number of benzene rings is 1. The van der Waals surface area contributed by atoms with E-state index in [4.69, 9.17) is 14.2 Å². The molecule has 0 aliphatic carbocycles. The summed E-state index contributed by atoms with van der Waals surface area (Å²) in [7, 11) is 1.48. The van der Waals surface area contributed by atoms with E-state index in [-0.39, 0.29) is 18.3 Å². The number of pyridine rings is 1. The molecule has 0 aliphatic rings. The zero-order chi connectivity index (χ0) is 18.9. The van der Waals surface area contributed by atoms with Gasteiger partial charge in [0, 0.05) is 24.4 Å². The summed E-state index contributed by atoms with van der Waals surface area (Å²) in [4.78, 5) is 27.5. The minimum atomic E-state index is -0.280. The van der Waals surface area contributed by atoms with Crippen LogP contribution in [0.15, 0.2) is 36.5 Å². The maximum atomic E-state index is 12.0. The summed E-state index contributed by atoms with van der Waals surface area (Å²) in [5.74, 6) is 0.968. The average Bonchev–Trinajstić information content (AvgIpc) is 2.65. The van der Waals surface area contributed by atoms with Crippen molar-refractivity contribution in [2.75, 3.05) is 20.3 Å². The molecular formula is C19H22N2O5. The maximum Gasteiger partial charge on any atom is 0.258 e. The van der Waals surface area contributed by atoms with Crippen LogP contribution in [0.5, 0.6) is 17.4 Å². The lowest BCUT2D eigenvalue weighted by molar-refractivity contribution is -0.123. The van der Waals surface area contributed by atoms with E-state index in [1.54, 1.807) is 36.5 Å². The summed E-state index contributed by atoms with van der Waals surface area (Å²) >= 11 is 0. The van der Waals surface area contributed by atoms with Crippen molar-refractivity contribution in [1.29, 1.82) is 0 Å². The maximum absolute atomic E-state index is 12.0. The number of hydrogen-bond donors (Lipinski definition) is 1. The number of carbonyl (C=O) groups is 2. The third kappa shape index (κ3) is 5.47. The van der Waals surface area contributed by atoms with Crippen molar-refractivity contribution in [2.24, 2.45) is 0 Å². The highest BCUT2D eigenvalue weighted by atomic mass is 16.5. The quantitative estimate of drug-likeness (QED) is 0.693. The predicted molar refractivity (Wildman–Crippen MR) is 95.7 cm³/mol. The number of ether oxygens (including phenoxy) is 3. The number of carbonyl (C=O) groups excluding carboxylic acids is 2. The summed E-state index contributed by atoms with van der Waals surface area (Å²) in [5.41, 5.74) is 1.39. The second-order valence-electron chi connectivity index (χ2n) is 5.42. The molecule has 0 aliphatic heterocycles. The normalized spacial score (nSPS) is 10.1. The highest BCUT2D eigenvalue weighted by Crippen LogP contribution is 2.28. The Labute approximate surface area is 152 Å². The third-order valence-corrected chi connectivity index (χ3v) is 3.51. The first kappa shape index (κ1) is 19.2. The third-order valence-electron chi connectivity index (χ3n) is 3.51. The Morgan fingerprint density at radius 3 is 2.62 bits per heavy atom. The van der Waals surface area contributed by atoms with Crippen LogP contribution in [0.1, 0.15) is 29.8 Å². The van der Waals surface area contributed by atoms with E-state index in [0.717, 1.165) is 5.56 Å². The van der Waals surface area contributed by atoms with Crippen LogP contribution in [-0.4, -0.2) is 37.0 Å². The summed E-state index contributed by atoms with van der Waals surface area (Å²) < 4.78 is 16.0. The monoisotopic (exact) mass is 358 g/mol. The Hall–Kier alpha value is -3.09. The molecule has 138 valence electrons. The number of methoxy groups -OCH3 is 1. The van der Waals surface area contributed by atoms with Gasteiger partial charge in [-0.25, -0.2) is 4.98 Å². The topological polar surface area (TPSA) is 86.8 Å². The molecular weight excluding hydrogens is 336 g/mol. The van der Waals surface area contributed by atoms with Crippen LogP contribution in [0.2, 0.25) is 0 Å². The van der Waals surface area contributed by atoms with Crippen molar-refractivity contribution in [2.45, 2.75) is 20.4 Å². The number of nitrogens with one attached hydrogen (secondary N) is 1.